The Labute approximate surface area is 234 Å². The molecular weight excluding hydrogens is 645 g/mol. The predicted molar refractivity (Wildman–Crippen MR) is 152 cm³/mol. The van der Waals surface area contributed by atoms with Crippen LogP contribution in [0, 0.1) is 25.1 Å². The van der Waals surface area contributed by atoms with Crippen LogP contribution in [0.1, 0.15) is 0 Å². The normalized spacial score (nSPS) is 12.9. The van der Waals surface area contributed by atoms with Gasteiger partial charge in [0, 0.05) is 26.4 Å². The summed E-state index contributed by atoms with van der Waals surface area (Å²) in [5, 5.41) is 8.74. The predicted octanol–water partition coefficient (Wildman–Crippen LogP) is 7.37. The van der Waals surface area contributed by atoms with Crippen LogP contribution in [0.25, 0.3) is 48.7 Å². The smallest absolute Gasteiger partial charge is 0.0396 e. The molecule has 7 aromatic rings. The van der Waals surface area contributed by atoms with Crippen molar-refractivity contribution in [2.24, 2.45) is 0 Å². The SMILES string of the molecule is CN1C=CN(c2[c-]cccc2)[CH-]1.[Ir].[c-]1cccc2c3c4ccc5ccccc5c4ccc3c3cn[c-]n3c12. The molecule has 0 amide bonds. The first-order valence-corrected chi connectivity index (χ1v) is 12.2. The third-order valence-electron chi connectivity index (χ3n) is 6.85. The van der Waals surface area contributed by atoms with Crippen LogP contribution >= 0.6 is 0 Å². The van der Waals surface area contributed by atoms with Crippen molar-refractivity contribution in [3.05, 3.63) is 135 Å². The van der Waals surface area contributed by atoms with Gasteiger partial charge in [0.2, 0.25) is 0 Å². The fourth-order valence-corrected chi connectivity index (χ4v) is 5.16. The number of para-hydroxylation sites is 2. The number of hydrogen-bond donors (Lipinski definition) is 0. The van der Waals surface area contributed by atoms with E-state index in [-0.39, 0.29) is 20.1 Å². The van der Waals surface area contributed by atoms with Crippen molar-refractivity contribution in [1.29, 1.82) is 0 Å². The van der Waals surface area contributed by atoms with Crippen molar-refractivity contribution in [2.45, 2.75) is 0 Å². The molecule has 0 saturated heterocycles. The van der Waals surface area contributed by atoms with Gasteiger partial charge in [0.25, 0.3) is 0 Å². The van der Waals surface area contributed by atoms with E-state index in [1.165, 1.54) is 37.7 Å². The van der Waals surface area contributed by atoms with E-state index in [1.807, 2.05) is 82.9 Å². The van der Waals surface area contributed by atoms with Gasteiger partial charge in [-0.15, -0.1) is 16.6 Å². The number of imidazole rings is 1. The summed E-state index contributed by atoms with van der Waals surface area (Å²) in [5.74, 6) is 0. The summed E-state index contributed by atoms with van der Waals surface area (Å²) in [6.07, 6.45) is 8.96. The average Bonchev–Trinajstić information content (AvgIpc) is 3.63. The molecule has 4 nitrogen and oxygen atoms in total. The maximum absolute atomic E-state index is 4.25. The molecule has 0 spiro atoms. The molecule has 8 rings (SSSR count). The first kappa shape index (κ1) is 24.2. The zero-order valence-corrected chi connectivity index (χ0v) is 23.0. The van der Waals surface area contributed by atoms with Crippen LogP contribution in [-0.4, -0.2) is 21.3 Å². The van der Waals surface area contributed by atoms with E-state index < -0.39 is 0 Å². The standard InChI is InChI=1S/C23H12N2.C10H10N2.Ir/c1-2-6-16-15(5-1)9-10-18-17(16)11-12-20-22-13-24-14-25(22)21-8-4-3-7-19(21)23(18)20;1-11-7-8-12(9-11)10-5-3-2-4-6-10;/h1-7,9-13H;2-5,7-9H,1H3;/q2*-2;. The molecular formula is C33H22IrN4-4. The van der Waals surface area contributed by atoms with E-state index in [4.69, 9.17) is 0 Å². The van der Waals surface area contributed by atoms with Gasteiger partial charge in [0.1, 0.15) is 0 Å². The molecule has 0 N–H and O–H groups in total. The second kappa shape index (κ2) is 9.94. The van der Waals surface area contributed by atoms with Gasteiger partial charge in [-0.2, -0.15) is 55.2 Å². The molecule has 1 aliphatic heterocycles. The summed E-state index contributed by atoms with van der Waals surface area (Å²) in [7, 11) is 2.00. The van der Waals surface area contributed by atoms with Crippen molar-refractivity contribution in [3.63, 3.8) is 0 Å². The first-order valence-electron chi connectivity index (χ1n) is 12.2. The van der Waals surface area contributed by atoms with E-state index >= 15 is 0 Å². The third-order valence-corrected chi connectivity index (χ3v) is 6.85. The Morgan fingerprint density at radius 2 is 1.50 bits per heavy atom. The van der Waals surface area contributed by atoms with Gasteiger partial charge < -0.3 is 19.2 Å². The fourth-order valence-electron chi connectivity index (χ4n) is 5.16. The zero-order chi connectivity index (χ0) is 24.8. The van der Waals surface area contributed by atoms with Crippen LogP contribution < -0.4 is 4.90 Å². The molecule has 5 aromatic carbocycles. The number of benzene rings is 5. The number of anilines is 1. The second-order valence-corrected chi connectivity index (χ2v) is 9.12. The number of aromatic nitrogens is 2. The average molecular weight is 667 g/mol. The molecule has 1 aliphatic rings. The van der Waals surface area contributed by atoms with Crippen LogP contribution in [0.3, 0.4) is 0 Å². The van der Waals surface area contributed by atoms with Gasteiger partial charge in [-0.25, -0.2) is 6.07 Å². The summed E-state index contributed by atoms with van der Waals surface area (Å²) in [6.45, 7) is 2.01. The quantitative estimate of drug-likeness (QED) is 0.135. The van der Waals surface area contributed by atoms with E-state index in [0.717, 1.165) is 16.7 Å². The van der Waals surface area contributed by atoms with Crippen LogP contribution in [0.15, 0.2) is 110 Å². The summed E-state index contributed by atoms with van der Waals surface area (Å²) >= 11 is 0. The minimum absolute atomic E-state index is 0. The molecule has 187 valence electrons. The molecule has 5 heteroatoms. The number of nitrogens with zero attached hydrogens (tertiary/aromatic N) is 4. The van der Waals surface area contributed by atoms with Gasteiger partial charge in [-0.1, -0.05) is 71.0 Å². The molecule has 3 heterocycles. The Hall–Kier alpha value is -4.18. The van der Waals surface area contributed by atoms with Gasteiger partial charge in [0.05, 0.1) is 0 Å². The van der Waals surface area contributed by atoms with Crippen molar-refractivity contribution in [3.8, 4) is 0 Å². The van der Waals surface area contributed by atoms with Crippen LogP contribution in [0.2, 0.25) is 0 Å². The molecule has 0 unspecified atom stereocenters. The van der Waals surface area contributed by atoms with Crippen molar-refractivity contribution >= 4 is 54.4 Å². The Balaban J connectivity index is 0.000000172. The molecule has 1 radical (unpaired) electrons. The Morgan fingerprint density at radius 1 is 0.711 bits per heavy atom. The number of fused-ring (bicyclic) bond motifs is 10. The van der Waals surface area contributed by atoms with Crippen molar-refractivity contribution in [2.75, 3.05) is 11.9 Å². The molecule has 0 fully saturated rings. The maximum atomic E-state index is 4.25. The van der Waals surface area contributed by atoms with Crippen molar-refractivity contribution in [1.82, 2.24) is 14.3 Å². The van der Waals surface area contributed by atoms with Crippen LogP contribution in [-0.2, 0) is 20.1 Å². The van der Waals surface area contributed by atoms with E-state index in [1.54, 1.807) is 0 Å². The monoisotopic (exact) mass is 667 g/mol. The van der Waals surface area contributed by atoms with Gasteiger partial charge in [-0.05, 0) is 41.0 Å². The number of hydrogen-bond acceptors (Lipinski definition) is 3. The summed E-state index contributed by atoms with van der Waals surface area (Å²) < 4.78 is 2.00. The van der Waals surface area contributed by atoms with Gasteiger partial charge >= 0.3 is 0 Å². The topological polar surface area (TPSA) is 23.8 Å². The van der Waals surface area contributed by atoms with Crippen LogP contribution in [0.4, 0.5) is 5.69 Å². The Kier molecular flexibility index (Phi) is 6.32. The van der Waals surface area contributed by atoms with E-state index in [0.29, 0.717) is 0 Å². The molecule has 0 aliphatic carbocycles. The number of rotatable bonds is 1. The Morgan fingerprint density at radius 3 is 2.34 bits per heavy atom. The molecule has 38 heavy (non-hydrogen) atoms. The minimum atomic E-state index is 0. The Bertz CT molecular complexity index is 1940. The first-order chi connectivity index (χ1) is 18.3. The second-order valence-electron chi connectivity index (χ2n) is 9.12. The van der Waals surface area contributed by atoms with Crippen LogP contribution in [0.5, 0.6) is 0 Å². The van der Waals surface area contributed by atoms with E-state index in [9.17, 15) is 0 Å². The summed E-state index contributed by atoms with van der Waals surface area (Å²) in [4.78, 5) is 8.28. The fraction of sp³-hybridized carbons (Fsp3) is 0.0303. The summed E-state index contributed by atoms with van der Waals surface area (Å²) in [5.41, 5.74) is 3.15. The summed E-state index contributed by atoms with van der Waals surface area (Å²) in [6, 6.07) is 38.0. The van der Waals surface area contributed by atoms with E-state index in [2.05, 4.69) is 78.0 Å². The molecule has 0 atom stereocenters. The van der Waals surface area contributed by atoms with Crippen molar-refractivity contribution < 1.29 is 20.1 Å². The minimum Gasteiger partial charge on any atom is -0.510 e. The largest absolute Gasteiger partial charge is 0.510 e. The molecule has 0 bridgehead atoms. The van der Waals surface area contributed by atoms with Gasteiger partial charge in [0.15, 0.2) is 0 Å². The zero-order valence-electron chi connectivity index (χ0n) is 20.6. The molecule has 2 aromatic heterocycles. The third kappa shape index (κ3) is 4.01. The number of pyridine rings is 1. The van der Waals surface area contributed by atoms with Gasteiger partial charge in [-0.3, -0.25) is 0 Å². The molecule has 0 saturated carbocycles. The maximum Gasteiger partial charge on any atom is 0.0396 e.